The van der Waals surface area contributed by atoms with Crippen molar-refractivity contribution >= 4 is 16.4 Å². The summed E-state index contributed by atoms with van der Waals surface area (Å²) < 4.78 is 38.7. The van der Waals surface area contributed by atoms with Gasteiger partial charge in [0.1, 0.15) is 0 Å². The van der Waals surface area contributed by atoms with Crippen LogP contribution in [-0.4, -0.2) is 25.0 Å². The molecule has 0 aromatic heterocycles. The molecule has 0 saturated heterocycles. The lowest BCUT2D eigenvalue weighted by Crippen LogP contribution is -2.18. The van der Waals surface area contributed by atoms with Crippen molar-refractivity contribution in [2.45, 2.75) is 123 Å². The fourth-order valence-electron chi connectivity index (χ4n) is 3.17. The fourth-order valence-corrected chi connectivity index (χ4v) is 3.66. The van der Waals surface area contributed by atoms with Crippen LogP contribution in [0.5, 0.6) is 0 Å². The summed E-state index contributed by atoms with van der Waals surface area (Å²) in [7, 11) is -4.55. The largest absolute Gasteiger partial charge is 0.435 e. The van der Waals surface area contributed by atoms with E-state index in [-0.39, 0.29) is 6.42 Å². The van der Waals surface area contributed by atoms with Crippen LogP contribution in [0.1, 0.15) is 117 Å². The highest BCUT2D eigenvalue weighted by atomic mass is 32.3. The molecule has 0 aromatic carbocycles. The molecule has 1 atom stereocenters. The highest BCUT2D eigenvalue weighted by Crippen LogP contribution is 2.13. The van der Waals surface area contributed by atoms with E-state index >= 15 is 0 Å². The van der Waals surface area contributed by atoms with Gasteiger partial charge in [-0.25, -0.2) is 4.18 Å². The number of carbonyl (C=O) groups is 1. The summed E-state index contributed by atoms with van der Waals surface area (Å²) in [5.41, 5.74) is 0. The Labute approximate surface area is 178 Å². The molecule has 0 aliphatic carbocycles. The smallest absolute Gasteiger partial charge is 0.397 e. The van der Waals surface area contributed by atoms with Gasteiger partial charge in [-0.05, 0) is 25.8 Å². The maximum Gasteiger partial charge on any atom is 0.397 e. The summed E-state index contributed by atoms with van der Waals surface area (Å²) in [6, 6.07) is 0. The summed E-state index contributed by atoms with van der Waals surface area (Å²) in [5.74, 6) is -0.599. The number of allylic oxidation sites excluding steroid dienone is 1. The standard InChI is InChI=1S/C22H42O6S/c1-3-4-5-6-7-8-9-10-11-12-13-14-15-16-17-18-19-27-22(23)20-21(2)28-29(24,25)26/h18-19,21H,3-17,20H2,1-2H3,(H,24,25,26). The minimum Gasteiger partial charge on any atom is -0.435 e. The highest BCUT2D eigenvalue weighted by molar-refractivity contribution is 7.80. The zero-order chi connectivity index (χ0) is 21.8. The molecule has 0 heterocycles. The van der Waals surface area contributed by atoms with Crippen LogP contribution in [0.15, 0.2) is 12.3 Å². The maximum atomic E-state index is 11.5. The number of ether oxygens (including phenoxy) is 1. The van der Waals surface area contributed by atoms with Crippen molar-refractivity contribution in [3.8, 4) is 0 Å². The van der Waals surface area contributed by atoms with Crippen LogP contribution in [-0.2, 0) is 24.1 Å². The Morgan fingerprint density at radius 3 is 1.76 bits per heavy atom. The van der Waals surface area contributed by atoms with Gasteiger partial charge in [-0.1, -0.05) is 90.4 Å². The average Bonchev–Trinajstić information content (AvgIpc) is 2.62. The van der Waals surface area contributed by atoms with E-state index < -0.39 is 22.5 Å². The van der Waals surface area contributed by atoms with Crippen molar-refractivity contribution in [1.82, 2.24) is 0 Å². The molecule has 0 aliphatic heterocycles. The molecule has 0 amide bonds. The summed E-state index contributed by atoms with van der Waals surface area (Å²) in [6.07, 6.45) is 21.3. The van der Waals surface area contributed by atoms with Gasteiger partial charge in [0.05, 0.1) is 18.8 Å². The lowest BCUT2D eigenvalue weighted by molar-refractivity contribution is -0.139. The summed E-state index contributed by atoms with van der Waals surface area (Å²) in [4.78, 5) is 11.5. The van der Waals surface area contributed by atoms with Gasteiger partial charge in [0.15, 0.2) is 0 Å². The summed E-state index contributed by atoms with van der Waals surface area (Å²) in [6.45, 7) is 3.63. The first-order valence-corrected chi connectivity index (χ1v) is 12.7. The lowest BCUT2D eigenvalue weighted by Gasteiger charge is -2.07. The molecule has 0 saturated carbocycles. The Balaban J connectivity index is 3.36. The molecule has 1 N–H and O–H groups in total. The third-order valence-electron chi connectivity index (χ3n) is 4.76. The van der Waals surface area contributed by atoms with E-state index in [4.69, 9.17) is 9.29 Å². The van der Waals surface area contributed by atoms with E-state index in [9.17, 15) is 13.2 Å². The number of hydrogen-bond donors (Lipinski definition) is 1. The van der Waals surface area contributed by atoms with Crippen LogP contribution in [0.4, 0.5) is 0 Å². The second-order valence-electron chi connectivity index (χ2n) is 7.79. The van der Waals surface area contributed by atoms with Crippen molar-refractivity contribution in [1.29, 1.82) is 0 Å². The third kappa shape index (κ3) is 23.2. The normalized spacial score (nSPS) is 13.1. The molecule has 29 heavy (non-hydrogen) atoms. The molecule has 0 radical (unpaired) electrons. The Morgan fingerprint density at radius 1 is 0.862 bits per heavy atom. The van der Waals surface area contributed by atoms with Crippen LogP contribution >= 0.6 is 0 Å². The summed E-state index contributed by atoms with van der Waals surface area (Å²) >= 11 is 0. The van der Waals surface area contributed by atoms with Crippen LogP contribution in [0.2, 0.25) is 0 Å². The highest BCUT2D eigenvalue weighted by Gasteiger charge is 2.16. The first-order valence-electron chi connectivity index (χ1n) is 11.4. The van der Waals surface area contributed by atoms with Gasteiger partial charge in [0.2, 0.25) is 0 Å². The molecule has 0 aliphatic rings. The number of carbonyl (C=O) groups excluding carboxylic acids is 1. The van der Waals surface area contributed by atoms with E-state index in [1.165, 1.54) is 96.7 Å². The van der Waals surface area contributed by atoms with Gasteiger partial charge in [-0.3, -0.25) is 9.35 Å². The van der Waals surface area contributed by atoms with Crippen LogP contribution in [0.25, 0.3) is 0 Å². The fraction of sp³-hybridized carbons (Fsp3) is 0.864. The quantitative estimate of drug-likeness (QED) is 0.102. The monoisotopic (exact) mass is 434 g/mol. The Bertz CT molecular complexity index is 515. The third-order valence-corrected chi connectivity index (χ3v) is 5.33. The van der Waals surface area contributed by atoms with Gasteiger partial charge in [0.25, 0.3) is 0 Å². The van der Waals surface area contributed by atoms with Crippen LogP contribution < -0.4 is 0 Å². The van der Waals surface area contributed by atoms with Crippen molar-refractivity contribution in [2.24, 2.45) is 0 Å². The number of rotatable bonds is 20. The maximum absolute atomic E-state index is 11.5. The molecule has 6 nitrogen and oxygen atoms in total. The van der Waals surface area contributed by atoms with E-state index in [0.29, 0.717) is 0 Å². The topological polar surface area (TPSA) is 89.9 Å². The first kappa shape index (κ1) is 28.1. The van der Waals surface area contributed by atoms with E-state index in [0.717, 1.165) is 12.8 Å². The SMILES string of the molecule is CCCCCCCCCCCCCCCCC=COC(=O)CC(C)OS(=O)(=O)O. The van der Waals surface area contributed by atoms with Crippen LogP contribution in [0, 0.1) is 0 Å². The zero-order valence-corrected chi connectivity index (χ0v) is 19.3. The molecule has 172 valence electrons. The minimum atomic E-state index is -4.55. The lowest BCUT2D eigenvalue weighted by atomic mass is 10.0. The second kappa shape index (κ2) is 19.1. The Hall–Kier alpha value is -0.920. The van der Waals surface area contributed by atoms with Gasteiger partial charge in [-0.15, -0.1) is 0 Å². The number of hydrogen-bond acceptors (Lipinski definition) is 5. The molecule has 7 heteroatoms. The van der Waals surface area contributed by atoms with Gasteiger partial charge < -0.3 is 4.74 Å². The van der Waals surface area contributed by atoms with Crippen molar-refractivity contribution in [3.05, 3.63) is 12.3 Å². The van der Waals surface area contributed by atoms with Crippen molar-refractivity contribution in [2.75, 3.05) is 0 Å². The Kier molecular flexibility index (Phi) is 18.5. The predicted octanol–water partition coefficient (Wildman–Crippen LogP) is 6.51. The van der Waals surface area contributed by atoms with E-state index in [2.05, 4.69) is 11.1 Å². The Morgan fingerprint density at radius 2 is 1.31 bits per heavy atom. The molecule has 1 unspecified atom stereocenters. The minimum absolute atomic E-state index is 0.247. The first-order chi connectivity index (χ1) is 13.8. The molecular formula is C22H42O6S. The van der Waals surface area contributed by atoms with Gasteiger partial charge in [-0.2, -0.15) is 8.42 Å². The van der Waals surface area contributed by atoms with Crippen molar-refractivity contribution < 1.29 is 26.7 Å². The van der Waals surface area contributed by atoms with Crippen LogP contribution in [0.3, 0.4) is 0 Å². The van der Waals surface area contributed by atoms with E-state index in [1.807, 2.05) is 0 Å². The van der Waals surface area contributed by atoms with E-state index in [1.54, 1.807) is 6.08 Å². The molecular weight excluding hydrogens is 392 g/mol. The predicted molar refractivity (Wildman–Crippen MR) is 117 cm³/mol. The molecule has 0 rings (SSSR count). The average molecular weight is 435 g/mol. The second-order valence-corrected chi connectivity index (χ2v) is 8.83. The van der Waals surface area contributed by atoms with Gasteiger partial charge in [0, 0.05) is 0 Å². The molecule has 0 aromatic rings. The number of esters is 1. The van der Waals surface area contributed by atoms with Crippen molar-refractivity contribution in [3.63, 3.8) is 0 Å². The molecule has 0 spiro atoms. The summed E-state index contributed by atoms with van der Waals surface area (Å²) in [5, 5.41) is 0. The van der Waals surface area contributed by atoms with Gasteiger partial charge >= 0.3 is 16.4 Å². The molecule has 0 fully saturated rings. The molecule has 0 bridgehead atoms. The zero-order valence-electron chi connectivity index (χ0n) is 18.4. The number of unbranched alkanes of at least 4 members (excludes halogenated alkanes) is 14.